The zero-order valence-corrected chi connectivity index (χ0v) is 30.3. The van der Waals surface area contributed by atoms with E-state index in [1.807, 2.05) is 41.5 Å². The van der Waals surface area contributed by atoms with E-state index in [-0.39, 0.29) is 37.3 Å². The van der Waals surface area contributed by atoms with Crippen molar-refractivity contribution in [3.8, 4) is 0 Å². The lowest BCUT2D eigenvalue weighted by Gasteiger charge is -2.37. The highest BCUT2D eigenvalue weighted by molar-refractivity contribution is 6.38. The van der Waals surface area contributed by atoms with Crippen LogP contribution in [0.2, 0.25) is 0 Å². The second-order valence-corrected chi connectivity index (χ2v) is 15.3. The third-order valence-electron chi connectivity index (χ3n) is 9.88. The van der Waals surface area contributed by atoms with Gasteiger partial charge in [0, 0.05) is 13.1 Å². The van der Waals surface area contributed by atoms with Crippen LogP contribution in [-0.4, -0.2) is 91.1 Å². The molecule has 5 amide bonds. The van der Waals surface area contributed by atoms with Gasteiger partial charge in [0.1, 0.15) is 18.7 Å². The average molecular weight is 690 g/mol. The van der Waals surface area contributed by atoms with Crippen LogP contribution in [0.5, 0.6) is 0 Å². The summed E-state index contributed by atoms with van der Waals surface area (Å²) < 4.78 is 10.6. The number of ketones is 1. The molecule has 0 aromatic rings. The molecule has 3 fully saturated rings. The van der Waals surface area contributed by atoms with Crippen LogP contribution in [0.15, 0.2) is 12.7 Å². The van der Waals surface area contributed by atoms with Crippen LogP contribution in [0.3, 0.4) is 0 Å². The molecular formula is C36H59N5O8. The highest BCUT2D eigenvalue weighted by Crippen LogP contribution is 2.34. The maximum Gasteiger partial charge on any atom is 0.508 e. The van der Waals surface area contributed by atoms with Gasteiger partial charge in [-0.05, 0) is 67.6 Å². The monoisotopic (exact) mass is 689 g/mol. The molecule has 0 aromatic carbocycles. The number of nitrogens with one attached hydrogen (secondary N) is 4. The van der Waals surface area contributed by atoms with E-state index in [0.29, 0.717) is 31.9 Å². The number of urea groups is 1. The van der Waals surface area contributed by atoms with Gasteiger partial charge in [-0.1, -0.05) is 66.9 Å². The summed E-state index contributed by atoms with van der Waals surface area (Å²) in [7, 11) is 0. The fourth-order valence-corrected chi connectivity index (χ4v) is 6.80. The molecule has 2 aliphatic carbocycles. The molecule has 276 valence electrons. The van der Waals surface area contributed by atoms with E-state index in [2.05, 4.69) is 27.8 Å². The van der Waals surface area contributed by atoms with Gasteiger partial charge in [0.05, 0.1) is 18.7 Å². The number of likely N-dealkylation sites (tertiary alicyclic amines) is 1. The second-order valence-electron chi connectivity index (χ2n) is 15.3. The number of ether oxygens (including phenoxy) is 2. The Labute approximate surface area is 291 Å². The largest absolute Gasteiger partial charge is 0.508 e. The zero-order chi connectivity index (χ0) is 36.3. The van der Waals surface area contributed by atoms with Gasteiger partial charge in [0.25, 0.3) is 5.91 Å². The second kappa shape index (κ2) is 18.4. The van der Waals surface area contributed by atoms with E-state index in [1.54, 1.807) is 0 Å². The van der Waals surface area contributed by atoms with Crippen molar-refractivity contribution in [2.24, 2.45) is 29.1 Å². The highest BCUT2D eigenvalue weighted by Gasteiger charge is 2.48. The van der Waals surface area contributed by atoms with E-state index in [0.717, 1.165) is 38.5 Å². The van der Waals surface area contributed by atoms with Gasteiger partial charge in [0.15, 0.2) is 0 Å². The van der Waals surface area contributed by atoms with Crippen molar-refractivity contribution < 1.29 is 38.2 Å². The molecule has 3 aliphatic rings. The predicted octanol–water partition coefficient (Wildman–Crippen LogP) is 3.85. The molecule has 0 spiro atoms. The summed E-state index contributed by atoms with van der Waals surface area (Å²) in [5, 5.41) is 11.1. The van der Waals surface area contributed by atoms with Gasteiger partial charge in [0.2, 0.25) is 17.6 Å². The van der Waals surface area contributed by atoms with Gasteiger partial charge in [-0.2, -0.15) is 0 Å². The highest BCUT2D eigenvalue weighted by atomic mass is 16.7. The SMILES string of the molecule is C=CCNC(=O)C(=O)C(CCC)NC(=O)[C@@H]1[C@@H](C(C)C)CCN1C(=O)[C@@H](NC(=O)N[C@H](COC(=O)OCC1CC1)C1CCCC1)C(C)(C)C. The van der Waals surface area contributed by atoms with Crippen LogP contribution >= 0.6 is 0 Å². The maximum absolute atomic E-state index is 14.3. The van der Waals surface area contributed by atoms with Crippen LogP contribution in [0.4, 0.5) is 9.59 Å². The molecule has 5 atom stereocenters. The first-order valence-corrected chi connectivity index (χ1v) is 18.1. The fraction of sp³-hybridized carbons (Fsp3) is 0.778. The first kappa shape index (κ1) is 39.8. The Balaban J connectivity index is 1.75. The summed E-state index contributed by atoms with van der Waals surface area (Å²) in [5.41, 5.74) is -0.735. The van der Waals surface area contributed by atoms with Crippen molar-refractivity contribution in [1.82, 2.24) is 26.2 Å². The lowest BCUT2D eigenvalue weighted by atomic mass is 9.84. The van der Waals surface area contributed by atoms with Gasteiger partial charge < -0.3 is 35.6 Å². The minimum atomic E-state index is -1.05. The van der Waals surface area contributed by atoms with Gasteiger partial charge in [-0.15, -0.1) is 6.58 Å². The summed E-state index contributed by atoms with van der Waals surface area (Å²) in [6.45, 7) is 15.6. The molecule has 0 radical (unpaired) electrons. The number of carbonyl (C=O) groups excluding carboxylic acids is 6. The fourth-order valence-electron chi connectivity index (χ4n) is 6.80. The topological polar surface area (TPSA) is 172 Å². The Bertz CT molecular complexity index is 1190. The molecule has 4 N–H and O–H groups in total. The summed E-state index contributed by atoms with van der Waals surface area (Å²) in [4.78, 5) is 81.0. The van der Waals surface area contributed by atoms with Crippen LogP contribution in [0.25, 0.3) is 0 Å². The Morgan fingerprint density at radius 2 is 1.61 bits per heavy atom. The Hall–Kier alpha value is -3.64. The number of hydrogen-bond acceptors (Lipinski definition) is 8. The summed E-state index contributed by atoms with van der Waals surface area (Å²) in [6.07, 6.45) is 7.96. The molecule has 13 heteroatoms. The quantitative estimate of drug-likeness (QED) is 0.101. The van der Waals surface area contributed by atoms with Crippen LogP contribution in [0, 0.1) is 29.1 Å². The molecule has 13 nitrogen and oxygen atoms in total. The maximum atomic E-state index is 14.3. The molecule has 0 bridgehead atoms. The number of rotatable bonds is 17. The number of hydrogen-bond donors (Lipinski definition) is 4. The number of amides is 5. The molecule has 1 aliphatic heterocycles. The summed E-state index contributed by atoms with van der Waals surface area (Å²) >= 11 is 0. The molecule has 1 heterocycles. The van der Waals surface area contributed by atoms with Gasteiger partial charge in [-0.3, -0.25) is 19.2 Å². The number of Topliss-reactive ketones (excluding diaryl/α,β-unsaturated/α-hetero) is 1. The average Bonchev–Trinajstić information content (AvgIpc) is 3.50. The van der Waals surface area contributed by atoms with Crippen molar-refractivity contribution in [2.75, 3.05) is 26.3 Å². The normalized spacial score (nSPS) is 21.3. The smallest absolute Gasteiger partial charge is 0.434 e. The molecule has 49 heavy (non-hydrogen) atoms. The number of nitrogens with zero attached hydrogens (tertiary/aromatic N) is 1. The van der Waals surface area contributed by atoms with Crippen molar-refractivity contribution in [2.45, 2.75) is 123 Å². The predicted molar refractivity (Wildman–Crippen MR) is 184 cm³/mol. The minimum Gasteiger partial charge on any atom is -0.434 e. The minimum absolute atomic E-state index is 0.0383. The van der Waals surface area contributed by atoms with E-state index < -0.39 is 65.3 Å². The first-order chi connectivity index (χ1) is 23.2. The molecule has 3 rings (SSSR count). The van der Waals surface area contributed by atoms with Crippen molar-refractivity contribution in [1.29, 1.82) is 0 Å². The lowest BCUT2D eigenvalue weighted by Crippen LogP contribution is -2.61. The van der Waals surface area contributed by atoms with E-state index in [4.69, 9.17) is 9.47 Å². The summed E-state index contributed by atoms with van der Waals surface area (Å²) in [5.74, 6) is -2.12. The molecule has 1 saturated heterocycles. The summed E-state index contributed by atoms with van der Waals surface area (Å²) in [6, 6.07) is -3.97. The van der Waals surface area contributed by atoms with Crippen LogP contribution in [0.1, 0.15) is 99.3 Å². The lowest BCUT2D eigenvalue weighted by molar-refractivity contribution is -0.144. The van der Waals surface area contributed by atoms with E-state index >= 15 is 0 Å². The van der Waals surface area contributed by atoms with Crippen molar-refractivity contribution >= 4 is 35.7 Å². The Morgan fingerprint density at radius 1 is 0.939 bits per heavy atom. The Morgan fingerprint density at radius 3 is 2.18 bits per heavy atom. The van der Waals surface area contributed by atoms with Gasteiger partial charge >= 0.3 is 12.2 Å². The molecule has 1 unspecified atom stereocenters. The van der Waals surface area contributed by atoms with Crippen LogP contribution < -0.4 is 21.3 Å². The molecule has 2 saturated carbocycles. The molecular weight excluding hydrogens is 630 g/mol. The third-order valence-corrected chi connectivity index (χ3v) is 9.88. The van der Waals surface area contributed by atoms with Crippen molar-refractivity contribution in [3.63, 3.8) is 0 Å². The third kappa shape index (κ3) is 11.7. The van der Waals surface area contributed by atoms with E-state index in [1.165, 1.54) is 11.0 Å². The van der Waals surface area contributed by atoms with Gasteiger partial charge in [-0.25, -0.2) is 9.59 Å². The Kier molecular flexibility index (Phi) is 14.9. The van der Waals surface area contributed by atoms with Crippen molar-refractivity contribution in [3.05, 3.63) is 12.7 Å². The number of carbonyl (C=O) groups is 6. The van der Waals surface area contributed by atoms with Crippen LogP contribution in [-0.2, 0) is 28.7 Å². The van der Waals surface area contributed by atoms with E-state index in [9.17, 15) is 28.8 Å². The zero-order valence-electron chi connectivity index (χ0n) is 30.3. The standard InChI is InChI=1S/C36H59N5O8/c1-8-12-26(29(42)32(44)37-18-9-2)38-31(43)28-25(22(3)4)17-19-41(28)33(45)30(36(5,6)7)40-34(46)39-27(24-13-10-11-14-24)21-49-35(47)48-20-23-15-16-23/h9,22-28,30H,2,8,10-21H2,1,3-7H3,(H,37,44)(H,38,43)(H2,39,40,46)/t25-,26?,27-,28+,30-/m1/s1. The molecule has 0 aromatic heterocycles. The first-order valence-electron chi connectivity index (χ1n) is 18.1.